The summed E-state index contributed by atoms with van der Waals surface area (Å²) in [7, 11) is 0.917. The summed E-state index contributed by atoms with van der Waals surface area (Å²) in [6.45, 7) is 1.41. The Bertz CT molecular complexity index is 778. The van der Waals surface area contributed by atoms with Crippen molar-refractivity contribution in [2.24, 2.45) is 0 Å². The van der Waals surface area contributed by atoms with Crippen LogP contribution in [0.15, 0.2) is 35.5 Å². The highest BCUT2D eigenvalue weighted by Gasteiger charge is 2.49. The van der Waals surface area contributed by atoms with E-state index in [1.54, 1.807) is 6.26 Å². The van der Waals surface area contributed by atoms with Gasteiger partial charge in [-0.25, -0.2) is 14.4 Å². The van der Waals surface area contributed by atoms with Crippen LogP contribution in [-0.4, -0.2) is 27.5 Å². The number of rotatable bonds is 5. The van der Waals surface area contributed by atoms with Crippen molar-refractivity contribution in [2.45, 2.75) is 36.4 Å². The van der Waals surface area contributed by atoms with Crippen molar-refractivity contribution in [2.75, 3.05) is 18.2 Å². The Kier molecular flexibility index (Phi) is 4.62. The largest absolute Gasteiger partial charge is 0.349 e. The van der Waals surface area contributed by atoms with E-state index >= 15 is 0 Å². The number of hydrogen-bond donors (Lipinski definition) is 0. The van der Waals surface area contributed by atoms with E-state index in [9.17, 15) is 8.60 Å². The van der Waals surface area contributed by atoms with Crippen LogP contribution in [0.2, 0.25) is 5.02 Å². The summed E-state index contributed by atoms with van der Waals surface area (Å²) in [5, 5.41) is 0.257. The van der Waals surface area contributed by atoms with Crippen molar-refractivity contribution in [3.8, 4) is 0 Å². The van der Waals surface area contributed by atoms with Crippen molar-refractivity contribution in [3.63, 3.8) is 0 Å². The summed E-state index contributed by atoms with van der Waals surface area (Å²) in [4.78, 5) is 11.0. The Hall–Kier alpha value is -1.53. The van der Waals surface area contributed by atoms with Crippen LogP contribution in [0.25, 0.3) is 0 Å². The van der Waals surface area contributed by atoms with E-state index in [1.807, 2.05) is 36.2 Å². The average molecular weight is 368 g/mol. The third-order valence-electron chi connectivity index (χ3n) is 4.58. The minimum atomic E-state index is -1.25. The number of nitrogens with zero attached hydrogens (tertiary/aromatic N) is 3. The molecule has 1 saturated carbocycles. The topological polar surface area (TPSA) is 46.1 Å². The number of benzene rings is 1. The maximum absolute atomic E-state index is 13.7. The van der Waals surface area contributed by atoms with Crippen LogP contribution in [0.5, 0.6) is 0 Å². The molecule has 1 aliphatic rings. The Morgan fingerprint density at radius 3 is 2.42 bits per heavy atom. The van der Waals surface area contributed by atoms with Crippen molar-refractivity contribution < 1.29 is 8.60 Å². The molecule has 0 bridgehead atoms. The first-order chi connectivity index (χ1) is 11.4. The molecular formula is C17H19ClFN3OS. The average Bonchev–Trinajstić information content (AvgIpc) is 3.36. The second-order valence-corrected chi connectivity index (χ2v) is 7.84. The Labute approximate surface area is 148 Å². The fourth-order valence-corrected chi connectivity index (χ4v) is 3.87. The lowest BCUT2D eigenvalue weighted by atomic mass is 10.0. The molecule has 0 N–H and O–H groups in total. The van der Waals surface area contributed by atoms with Gasteiger partial charge in [0.15, 0.2) is 5.82 Å². The van der Waals surface area contributed by atoms with Gasteiger partial charge in [-0.1, -0.05) is 23.7 Å². The number of aromatic nitrogens is 2. The molecule has 1 heterocycles. The molecule has 1 aliphatic carbocycles. The van der Waals surface area contributed by atoms with E-state index in [2.05, 4.69) is 9.97 Å². The lowest BCUT2D eigenvalue weighted by molar-refractivity contribution is 0.365. The molecule has 1 aromatic heterocycles. The van der Waals surface area contributed by atoms with Crippen LogP contribution in [0.3, 0.4) is 0 Å². The third-order valence-corrected chi connectivity index (χ3v) is 5.88. The van der Waals surface area contributed by atoms with Gasteiger partial charge in [0, 0.05) is 29.0 Å². The number of hydrogen-bond acceptors (Lipinski definition) is 4. The lowest BCUT2D eigenvalue weighted by Crippen LogP contribution is -2.32. The molecule has 1 fully saturated rings. The monoisotopic (exact) mass is 367 g/mol. The molecular weight excluding hydrogens is 349 g/mol. The summed E-state index contributed by atoms with van der Waals surface area (Å²) in [5.41, 5.74) is 1.12. The first kappa shape index (κ1) is 17.3. The molecule has 0 aliphatic heterocycles. The molecule has 7 heteroatoms. The van der Waals surface area contributed by atoms with Gasteiger partial charge >= 0.3 is 0 Å². The quantitative estimate of drug-likeness (QED) is 0.800. The second kappa shape index (κ2) is 6.41. The zero-order chi connectivity index (χ0) is 17.5. The molecule has 24 heavy (non-hydrogen) atoms. The zero-order valence-corrected chi connectivity index (χ0v) is 15.4. The predicted molar refractivity (Wildman–Crippen MR) is 94.7 cm³/mol. The van der Waals surface area contributed by atoms with Crippen LogP contribution < -0.4 is 4.90 Å². The summed E-state index contributed by atoms with van der Waals surface area (Å²) in [6.07, 6.45) is 3.68. The molecule has 2 aromatic rings. The van der Waals surface area contributed by atoms with Gasteiger partial charge < -0.3 is 4.90 Å². The fraction of sp³-hybridized carbons (Fsp3) is 0.412. The third kappa shape index (κ3) is 2.93. The van der Waals surface area contributed by atoms with E-state index in [0.29, 0.717) is 5.82 Å². The van der Waals surface area contributed by atoms with Crippen LogP contribution >= 0.6 is 11.6 Å². The van der Waals surface area contributed by atoms with Gasteiger partial charge in [0.05, 0.1) is 11.2 Å². The molecule has 2 unspecified atom stereocenters. The van der Waals surface area contributed by atoms with Gasteiger partial charge in [-0.2, -0.15) is 0 Å². The molecule has 0 radical (unpaired) electrons. The normalized spacial score (nSPS) is 18.0. The minimum absolute atomic E-state index is 0.206. The lowest BCUT2D eigenvalue weighted by Gasteiger charge is -2.30. The fourth-order valence-electron chi connectivity index (χ4n) is 2.98. The maximum Gasteiger partial charge on any atom is 0.151 e. The van der Waals surface area contributed by atoms with Crippen molar-refractivity contribution in [3.05, 3.63) is 46.9 Å². The highest BCUT2D eigenvalue weighted by Crippen LogP contribution is 2.52. The molecule has 128 valence electrons. The number of alkyl halides is 1. The molecule has 4 nitrogen and oxygen atoms in total. The van der Waals surface area contributed by atoms with Gasteiger partial charge in [-0.3, -0.25) is 4.21 Å². The highest BCUT2D eigenvalue weighted by atomic mass is 35.5. The molecule has 3 rings (SSSR count). The standard InChI is InChI=1S/C17H19ClFN3OS/c1-11(19)15-14(18)16(21-10-20-15)22(2)17(8-9-17)12-4-6-13(7-5-12)24(3)23/h4-7,10-11H,8-9H2,1-3H3. The summed E-state index contributed by atoms with van der Waals surface area (Å²) >= 11 is 6.34. The Balaban J connectivity index is 1.96. The maximum atomic E-state index is 13.7. The number of halogens is 2. The summed E-state index contributed by atoms with van der Waals surface area (Å²) < 4.78 is 25.2. The first-order valence-corrected chi connectivity index (χ1v) is 9.62. The highest BCUT2D eigenvalue weighted by molar-refractivity contribution is 7.84. The molecule has 1 aromatic carbocycles. The number of anilines is 1. The summed E-state index contributed by atoms with van der Waals surface area (Å²) in [5.74, 6) is 0.534. The van der Waals surface area contributed by atoms with Gasteiger partial charge in [-0.15, -0.1) is 0 Å². The molecule has 0 spiro atoms. The zero-order valence-electron chi connectivity index (χ0n) is 13.8. The minimum Gasteiger partial charge on any atom is -0.349 e. The Morgan fingerprint density at radius 2 is 1.92 bits per heavy atom. The first-order valence-electron chi connectivity index (χ1n) is 7.69. The van der Waals surface area contributed by atoms with Crippen molar-refractivity contribution in [1.29, 1.82) is 0 Å². The van der Waals surface area contributed by atoms with Gasteiger partial charge in [0.1, 0.15) is 17.5 Å². The van der Waals surface area contributed by atoms with E-state index in [1.165, 1.54) is 13.3 Å². The van der Waals surface area contributed by atoms with Crippen LogP contribution in [0.4, 0.5) is 10.2 Å². The molecule has 0 saturated heterocycles. The summed E-state index contributed by atoms with van der Waals surface area (Å²) in [6, 6.07) is 7.76. The SMILES string of the molecule is CC(F)c1ncnc(N(C)C2(c3ccc(S(C)=O)cc3)CC2)c1Cl. The van der Waals surface area contributed by atoms with Crippen LogP contribution in [0, 0.1) is 0 Å². The van der Waals surface area contributed by atoms with E-state index < -0.39 is 17.0 Å². The van der Waals surface area contributed by atoms with E-state index in [4.69, 9.17) is 11.6 Å². The van der Waals surface area contributed by atoms with Gasteiger partial charge in [0.25, 0.3) is 0 Å². The predicted octanol–water partition coefficient (Wildman–Crippen LogP) is 4.02. The smallest absolute Gasteiger partial charge is 0.151 e. The van der Waals surface area contributed by atoms with Gasteiger partial charge in [0.2, 0.25) is 0 Å². The van der Waals surface area contributed by atoms with Crippen molar-refractivity contribution in [1.82, 2.24) is 9.97 Å². The van der Waals surface area contributed by atoms with Gasteiger partial charge in [-0.05, 0) is 37.5 Å². The van der Waals surface area contributed by atoms with Crippen LogP contribution in [0.1, 0.15) is 37.2 Å². The second-order valence-electron chi connectivity index (χ2n) is 6.08. The van der Waals surface area contributed by atoms with E-state index in [-0.39, 0.29) is 16.3 Å². The van der Waals surface area contributed by atoms with Crippen molar-refractivity contribution >= 4 is 28.2 Å². The van der Waals surface area contributed by atoms with Crippen LogP contribution in [-0.2, 0) is 16.3 Å². The molecule has 0 amide bonds. The van der Waals surface area contributed by atoms with E-state index in [0.717, 1.165) is 23.3 Å². The molecule has 2 atom stereocenters. The Morgan fingerprint density at radius 1 is 1.29 bits per heavy atom.